The van der Waals surface area contributed by atoms with Gasteiger partial charge in [0.2, 0.25) is 0 Å². The fourth-order valence-corrected chi connectivity index (χ4v) is 4.24. The first-order chi connectivity index (χ1) is 10.9. The van der Waals surface area contributed by atoms with Crippen LogP contribution in [-0.4, -0.2) is 38.8 Å². The first kappa shape index (κ1) is 15.8. The highest BCUT2D eigenvalue weighted by atomic mass is 16.5. The molecule has 2 N–H and O–H groups in total. The van der Waals surface area contributed by atoms with E-state index >= 15 is 0 Å². The molecule has 0 bridgehead atoms. The van der Waals surface area contributed by atoms with Crippen molar-refractivity contribution in [2.75, 3.05) is 32.8 Å². The number of para-hydroxylation sites is 1. The fraction of sp³-hybridized carbons (Fsp3) is 0.684. The molecule has 3 rings (SSSR count). The molecule has 0 aromatic heterocycles. The van der Waals surface area contributed by atoms with Crippen LogP contribution in [0.4, 0.5) is 0 Å². The third-order valence-corrected chi connectivity index (χ3v) is 5.48. The molecule has 1 aromatic rings. The Morgan fingerprint density at radius 1 is 1.00 bits per heavy atom. The zero-order valence-electron chi connectivity index (χ0n) is 14.1. The number of benzene rings is 1. The van der Waals surface area contributed by atoms with Crippen molar-refractivity contribution in [1.82, 2.24) is 0 Å². The van der Waals surface area contributed by atoms with E-state index in [-0.39, 0.29) is 0 Å². The van der Waals surface area contributed by atoms with E-state index < -0.39 is 0 Å². The SMILES string of the molecule is CCOc1ccccc1C[NH+]1CCC([NH+]2CCCCC2)CC1. The molecule has 3 nitrogen and oxygen atoms in total. The Morgan fingerprint density at radius 3 is 2.45 bits per heavy atom. The zero-order valence-corrected chi connectivity index (χ0v) is 14.1. The number of ether oxygens (including phenoxy) is 1. The second kappa shape index (κ2) is 7.98. The Bertz CT molecular complexity index is 449. The topological polar surface area (TPSA) is 18.1 Å². The third-order valence-electron chi connectivity index (χ3n) is 5.48. The summed E-state index contributed by atoms with van der Waals surface area (Å²) in [6.45, 7) is 9.45. The van der Waals surface area contributed by atoms with Crippen molar-refractivity contribution in [3.8, 4) is 5.75 Å². The molecule has 0 amide bonds. The molecule has 2 aliphatic heterocycles. The van der Waals surface area contributed by atoms with Crippen LogP contribution in [0.2, 0.25) is 0 Å². The summed E-state index contributed by atoms with van der Waals surface area (Å²) in [4.78, 5) is 3.64. The van der Waals surface area contributed by atoms with Crippen molar-refractivity contribution in [2.24, 2.45) is 0 Å². The minimum atomic E-state index is 0.757. The van der Waals surface area contributed by atoms with E-state index in [4.69, 9.17) is 4.74 Å². The van der Waals surface area contributed by atoms with Gasteiger partial charge < -0.3 is 14.5 Å². The van der Waals surface area contributed by atoms with Gasteiger partial charge in [0.1, 0.15) is 12.3 Å². The predicted octanol–water partition coefficient (Wildman–Crippen LogP) is 0.701. The molecular weight excluding hydrogens is 272 g/mol. The van der Waals surface area contributed by atoms with Gasteiger partial charge in [-0.15, -0.1) is 0 Å². The van der Waals surface area contributed by atoms with Gasteiger partial charge in [-0.3, -0.25) is 0 Å². The van der Waals surface area contributed by atoms with Crippen LogP contribution in [0.1, 0.15) is 44.6 Å². The maximum atomic E-state index is 5.78. The molecule has 3 heteroatoms. The summed E-state index contributed by atoms with van der Waals surface area (Å²) >= 11 is 0. The summed E-state index contributed by atoms with van der Waals surface area (Å²) in [6, 6.07) is 9.51. The Morgan fingerprint density at radius 2 is 1.73 bits per heavy atom. The highest BCUT2D eigenvalue weighted by molar-refractivity contribution is 5.32. The number of hydrogen-bond acceptors (Lipinski definition) is 1. The standard InChI is InChI=1S/C19H30N2O/c1-2-22-19-9-5-4-8-17(19)16-20-14-10-18(11-15-20)21-12-6-3-7-13-21/h4-5,8-9,18H,2-3,6-7,10-16H2,1H3/p+2. The third kappa shape index (κ3) is 4.02. The van der Waals surface area contributed by atoms with Crippen LogP contribution >= 0.6 is 0 Å². The van der Waals surface area contributed by atoms with Crippen LogP contribution in [-0.2, 0) is 6.54 Å². The number of likely N-dealkylation sites (tertiary alicyclic amines) is 2. The van der Waals surface area contributed by atoms with Gasteiger partial charge in [0, 0.05) is 18.4 Å². The zero-order chi connectivity index (χ0) is 15.2. The molecule has 2 heterocycles. The minimum Gasteiger partial charge on any atom is -0.493 e. The predicted molar refractivity (Wildman–Crippen MR) is 89.6 cm³/mol. The van der Waals surface area contributed by atoms with Crippen molar-refractivity contribution in [3.05, 3.63) is 29.8 Å². The van der Waals surface area contributed by atoms with E-state index in [1.54, 1.807) is 4.90 Å². The maximum absolute atomic E-state index is 5.78. The summed E-state index contributed by atoms with van der Waals surface area (Å²) in [7, 11) is 0. The summed E-state index contributed by atoms with van der Waals surface area (Å²) < 4.78 is 5.78. The highest BCUT2D eigenvalue weighted by Gasteiger charge is 2.30. The Labute approximate surface area is 135 Å². The van der Waals surface area contributed by atoms with E-state index in [0.717, 1.165) is 24.9 Å². The van der Waals surface area contributed by atoms with Crippen molar-refractivity contribution in [1.29, 1.82) is 0 Å². The first-order valence-electron chi connectivity index (χ1n) is 9.25. The van der Waals surface area contributed by atoms with Crippen molar-refractivity contribution >= 4 is 0 Å². The molecule has 2 aliphatic rings. The van der Waals surface area contributed by atoms with Gasteiger partial charge >= 0.3 is 0 Å². The van der Waals surface area contributed by atoms with E-state index in [9.17, 15) is 0 Å². The molecule has 2 fully saturated rings. The normalized spacial score (nSPS) is 26.8. The Kier molecular flexibility index (Phi) is 5.74. The van der Waals surface area contributed by atoms with Crippen LogP contribution in [0.25, 0.3) is 0 Å². The number of rotatable bonds is 5. The minimum absolute atomic E-state index is 0.757. The van der Waals surface area contributed by atoms with E-state index in [2.05, 4.69) is 31.2 Å². The van der Waals surface area contributed by atoms with Crippen molar-refractivity contribution in [3.63, 3.8) is 0 Å². The van der Waals surface area contributed by atoms with Gasteiger partial charge in [-0.25, -0.2) is 0 Å². The molecule has 0 unspecified atom stereocenters. The molecular formula is C19H32N2O+2. The van der Waals surface area contributed by atoms with Gasteiger partial charge in [0.05, 0.1) is 38.8 Å². The van der Waals surface area contributed by atoms with Crippen LogP contribution in [0.5, 0.6) is 5.75 Å². The number of nitrogens with one attached hydrogen (secondary N) is 2. The van der Waals surface area contributed by atoms with Crippen LogP contribution < -0.4 is 14.5 Å². The first-order valence-corrected chi connectivity index (χ1v) is 9.25. The molecule has 1 aromatic carbocycles. The van der Waals surface area contributed by atoms with Crippen LogP contribution in [0.3, 0.4) is 0 Å². The lowest BCUT2D eigenvalue weighted by Gasteiger charge is -2.36. The van der Waals surface area contributed by atoms with Crippen molar-refractivity contribution in [2.45, 2.75) is 51.6 Å². The monoisotopic (exact) mass is 304 g/mol. The lowest BCUT2D eigenvalue weighted by Crippen LogP contribution is -3.20. The molecule has 22 heavy (non-hydrogen) atoms. The summed E-state index contributed by atoms with van der Waals surface area (Å²) in [5, 5.41) is 0. The number of quaternary nitrogens is 2. The lowest BCUT2D eigenvalue weighted by molar-refractivity contribution is -0.965. The van der Waals surface area contributed by atoms with Gasteiger partial charge in [-0.05, 0) is 38.3 Å². The second-order valence-electron chi connectivity index (χ2n) is 6.96. The molecule has 0 atom stereocenters. The number of piperidine rings is 2. The maximum Gasteiger partial charge on any atom is 0.128 e. The quantitative estimate of drug-likeness (QED) is 0.820. The second-order valence-corrected chi connectivity index (χ2v) is 6.96. The van der Waals surface area contributed by atoms with E-state index in [1.165, 1.54) is 63.8 Å². The Balaban J connectivity index is 1.51. The molecule has 0 spiro atoms. The average Bonchev–Trinajstić information content (AvgIpc) is 2.58. The van der Waals surface area contributed by atoms with Gasteiger partial charge in [0.25, 0.3) is 0 Å². The van der Waals surface area contributed by atoms with E-state index in [0.29, 0.717) is 0 Å². The molecule has 122 valence electrons. The summed E-state index contributed by atoms with van der Waals surface area (Å²) in [5.41, 5.74) is 1.38. The largest absolute Gasteiger partial charge is 0.493 e. The fourth-order valence-electron chi connectivity index (χ4n) is 4.24. The molecule has 0 radical (unpaired) electrons. The number of hydrogen-bond donors (Lipinski definition) is 2. The van der Waals surface area contributed by atoms with Gasteiger partial charge in [0.15, 0.2) is 0 Å². The van der Waals surface area contributed by atoms with Crippen LogP contribution in [0, 0.1) is 0 Å². The van der Waals surface area contributed by atoms with Crippen molar-refractivity contribution < 1.29 is 14.5 Å². The van der Waals surface area contributed by atoms with Gasteiger partial charge in [-0.1, -0.05) is 12.1 Å². The summed E-state index contributed by atoms with van der Waals surface area (Å²) in [5.74, 6) is 1.08. The van der Waals surface area contributed by atoms with Gasteiger partial charge in [-0.2, -0.15) is 0 Å². The van der Waals surface area contributed by atoms with Crippen LogP contribution in [0.15, 0.2) is 24.3 Å². The highest BCUT2D eigenvalue weighted by Crippen LogP contribution is 2.17. The molecule has 0 aliphatic carbocycles. The molecule has 2 saturated heterocycles. The molecule has 0 saturated carbocycles. The smallest absolute Gasteiger partial charge is 0.128 e. The lowest BCUT2D eigenvalue weighted by atomic mass is 9.99. The van der Waals surface area contributed by atoms with E-state index in [1.807, 2.05) is 4.90 Å². The summed E-state index contributed by atoms with van der Waals surface area (Å²) in [6.07, 6.45) is 7.17. The average molecular weight is 304 g/mol. The Hall–Kier alpha value is -1.06.